The van der Waals surface area contributed by atoms with Crippen molar-refractivity contribution in [1.29, 1.82) is 0 Å². The van der Waals surface area contributed by atoms with Gasteiger partial charge in [-0.3, -0.25) is 0 Å². The third-order valence-corrected chi connectivity index (χ3v) is 4.21. The standard InChI is InChI=1S/C12H12F3NO3S/c1-16(8-12(14)15)20(18,19)11-5-4-10(13)7-9(11)3-2-6-17/h4-5,7,12,17H,6,8H2,1H3. The molecule has 0 saturated carbocycles. The van der Waals surface area contributed by atoms with Crippen LogP contribution in [0.5, 0.6) is 0 Å². The first-order valence-electron chi connectivity index (χ1n) is 5.42. The Hall–Kier alpha value is -1.56. The van der Waals surface area contributed by atoms with Gasteiger partial charge in [0.25, 0.3) is 6.43 Å². The third kappa shape index (κ3) is 3.96. The van der Waals surface area contributed by atoms with Crippen LogP contribution in [0.3, 0.4) is 0 Å². The van der Waals surface area contributed by atoms with E-state index in [2.05, 4.69) is 11.8 Å². The second kappa shape index (κ2) is 6.74. The molecule has 0 spiro atoms. The highest BCUT2D eigenvalue weighted by Gasteiger charge is 2.26. The maximum absolute atomic E-state index is 13.1. The summed E-state index contributed by atoms with van der Waals surface area (Å²) in [6, 6.07) is 2.72. The van der Waals surface area contributed by atoms with Gasteiger partial charge >= 0.3 is 0 Å². The van der Waals surface area contributed by atoms with Crippen LogP contribution in [0, 0.1) is 17.7 Å². The second-order valence-corrected chi connectivity index (χ2v) is 5.79. The Bertz CT molecular complexity index is 635. The van der Waals surface area contributed by atoms with Crippen LogP contribution >= 0.6 is 0 Å². The molecule has 0 aromatic heterocycles. The molecule has 1 rings (SSSR count). The smallest absolute Gasteiger partial charge is 0.252 e. The number of rotatable bonds is 4. The predicted molar refractivity (Wildman–Crippen MR) is 66.2 cm³/mol. The number of aliphatic hydroxyl groups is 1. The van der Waals surface area contributed by atoms with Crippen LogP contribution in [-0.2, 0) is 10.0 Å². The molecule has 0 atom stereocenters. The van der Waals surface area contributed by atoms with Crippen molar-refractivity contribution in [2.24, 2.45) is 0 Å². The van der Waals surface area contributed by atoms with Gasteiger partial charge in [-0.25, -0.2) is 21.6 Å². The Labute approximate surface area is 114 Å². The molecule has 0 aliphatic carbocycles. The van der Waals surface area contributed by atoms with Gasteiger partial charge < -0.3 is 5.11 Å². The summed E-state index contributed by atoms with van der Waals surface area (Å²) in [5.74, 6) is 3.76. The topological polar surface area (TPSA) is 57.6 Å². The highest BCUT2D eigenvalue weighted by molar-refractivity contribution is 7.89. The second-order valence-electron chi connectivity index (χ2n) is 3.78. The molecule has 20 heavy (non-hydrogen) atoms. The Balaban J connectivity index is 3.31. The van der Waals surface area contributed by atoms with Gasteiger partial charge in [0.05, 0.1) is 11.4 Å². The highest BCUT2D eigenvalue weighted by Crippen LogP contribution is 2.20. The van der Waals surface area contributed by atoms with Crippen molar-refractivity contribution in [3.63, 3.8) is 0 Å². The minimum Gasteiger partial charge on any atom is -0.384 e. The van der Waals surface area contributed by atoms with Crippen LogP contribution in [0.1, 0.15) is 5.56 Å². The van der Waals surface area contributed by atoms with Crippen LogP contribution in [0.2, 0.25) is 0 Å². The molecule has 0 aliphatic rings. The Morgan fingerprint density at radius 2 is 2.05 bits per heavy atom. The van der Waals surface area contributed by atoms with Crippen molar-refractivity contribution in [2.75, 3.05) is 20.2 Å². The Kier molecular flexibility index (Phi) is 5.56. The van der Waals surface area contributed by atoms with E-state index in [4.69, 9.17) is 5.11 Å². The Morgan fingerprint density at radius 3 is 2.60 bits per heavy atom. The number of halogens is 3. The number of sulfonamides is 1. The third-order valence-electron chi connectivity index (χ3n) is 2.33. The van der Waals surface area contributed by atoms with E-state index >= 15 is 0 Å². The molecule has 4 nitrogen and oxygen atoms in total. The van der Waals surface area contributed by atoms with Gasteiger partial charge in [0.1, 0.15) is 12.4 Å². The molecule has 8 heteroatoms. The quantitative estimate of drug-likeness (QED) is 0.846. The minimum absolute atomic E-state index is 0.194. The molecular weight excluding hydrogens is 295 g/mol. The molecule has 110 valence electrons. The zero-order valence-electron chi connectivity index (χ0n) is 10.5. The lowest BCUT2D eigenvalue weighted by Gasteiger charge is -2.17. The zero-order valence-corrected chi connectivity index (χ0v) is 11.3. The first-order chi connectivity index (χ1) is 9.28. The lowest BCUT2D eigenvalue weighted by atomic mass is 10.2. The number of aliphatic hydroxyl groups excluding tert-OH is 1. The largest absolute Gasteiger partial charge is 0.384 e. The van der Waals surface area contributed by atoms with Gasteiger partial charge in [-0.05, 0) is 18.2 Å². The molecule has 0 amide bonds. The van der Waals surface area contributed by atoms with Crippen LogP contribution in [0.15, 0.2) is 23.1 Å². The van der Waals surface area contributed by atoms with Crippen molar-refractivity contribution in [1.82, 2.24) is 4.31 Å². The molecule has 0 fully saturated rings. The van der Waals surface area contributed by atoms with E-state index in [-0.39, 0.29) is 10.5 Å². The fourth-order valence-corrected chi connectivity index (χ4v) is 2.69. The van der Waals surface area contributed by atoms with E-state index in [9.17, 15) is 21.6 Å². The van der Waals surface area contributed by atoms with Gasteiger partial charge in [0.15, 0.2) is 0 Å². The van der Waals surface area contributed by atoms with E-state index < -0.39 is 35.4 Å². The average molecular weight is 307 g/mol. The van der Waals surface area contributed by atoms with Gasteiger partial charge in [-0.1, -0.05) is 11.8 Å². The number of alkyl halides is 2. The summed E-state index contributed by atoms with van der Waals surface area (Å²) in [4.78, 5) is -0.386. The number of hydrogen-bond donors (Lipinski definition) is 1. The molecule has 0 heterocycles. The zero-order chi connectivity index (χ0) is 15.3. The molecule has 1 aromatic carbocycles. The van der Waals surface area contributed by atoms with Crippen molar-refractivity contribution < 1.29 is 26.7 Å². The van der Waals surface area contributed by atoms with E-state index in [1.807, 2.05) is 0 Å². The van der Waals surface area contributed by atoms with Gasteiger partial charge in [-0.2, -0.15) is 4.31 Å². The molecule has 0 bridgehead atoms. The lowest BCUT2D eigenvalue weighted by molar-refractivity contribution is 0.126. The summed E-state index contributed by atoms with van der Waals surface area (Å²) in [6.45, 7) is -1.52. The van der Waals surface area contributed by atoms with Crippen molar-refractivity contribution in [2.45, 2.75) is 11.3 Å². The van der Waals surface area contributed by atoms with Crippen LogP contribution in [-0.4, -0.2) is 44.5 Å². The molecule has 0 unspecified atom stereocenters. The molecule has 0 radical (unpaired) electrons. The SMILES string of the molecule is CN(CC(F)F)S(=O)(=O)c1ccc(F)cc1C#CCO. The van der Waals surface area contributed by atoms with E-state index in [0.717, 1.165) is 25.2 Å². The molecule has 1 N–H and O–H groups in total. The van der Waals surface area contributed by atoms with Gasteiger partial charge in [0.2, 0.25) is 10.0 Å². The number of nitrogens with zero attached hydrogens (tertiary/aromatic N) is 1. The summed E-state index contributed by atoms with van der Waals surface area (Å²) in [5, 5.41) is 8.59. The maximum atomic E-state index is 13.1. The molecule has 1 aromatic rings. The lowest BCUT2D eigenvalue weighted by Crippen LogP contribution is -2.31. The average Bonchev–Trinajstić information content (AvgIpc) is 2.35. The van der Waals surface area contributed by atoms with Crippen molar-refractivity contribution >= 4 is 10.0 Å². The fraction of sp³-hybridized carbons (Fsp3) is 0.333. The summed E-state index contributed by atoms with van der Waals surface area (Å²) in [7, 11) is -3.22. The first-order valence-corrected chi connectivity index (χ1v) is 6.87. The van der Waals surface area contributed by atoms with Gasteiger partial charge in [-0.15, -0.1) is 0 Å². The monoisotopic (exact) mass is 307 g/mol. The van der Waals surface area contributed by atoms with Crippen LogP contribution in [0.25, 0.3) is 0 Å². The van der Waals surface area contributed by atoms with Gasteiger partial charge in [0, 0.05) is 12.6 Å². The number of hydrogen-bond acceptors (Lipinski definition) is 3. The fourth-order valence-electron chi connectivity index (χ4n) is 1.42. The van der Waals surface area contributed by atoms with Crippen molar-refractivity contribution in [3.05, 3.63) is 29.6 Å². The number of benzene rings is 1. The molecular formula is C12H12F3NO3S. The maximum Gasteiger partial charge on any atom is 0.252 e. The summed E-state index contributed by atoms with van der Waals surface area (Å²) in [5.41, 5.74) is -0.194. The normalized spacial score (nSPS) is 11.6. The van der Waals surface area contributed by atoms with E-state index in [1.54, 1.807) is 0 Å². The predicted octanol–water partition coefficient (Wildman–Crippen LogP) is 1.06. The molecule has 0 saturated heterocycles. The van der Waals surface area contributed by atoms with Crippen molar-refractivity contribution in [3.8, 4) is 11.8 Å². The summed E-state index contributed by atoms with van der Waals surface area (Å²) < 4.78 is 62.3. The summed E-state index contributed by atoms with van der Waals surface area (Å²) in [6.07, 6.45) is -2.83. The first kappa shape index (κ1) is 16.5. The van der Waals surface area contributed by atoms with Crippen LogP contribution < -0.4 is 0 Å². The Morgan fingerprint density at radius 1 is 1.40 bits per heavy atom. The van der Waals surface area contributed by atoms with E-state index in [1.165, 1.54) is 0 Å². The summed E-state index contributed by atoms with van der Waals surface area (Å²) >= 11 is 0. The highest BCUT2D eigenvalue weighted by atomic mass is 32.2. The van der Waals surface area contributed by atoms with E-state index in [0.29, 0.717) is 4.31 Å². The van der Waals surface area contributed by atoms with Crippen LogP contribution in [0.4, 0.5) is 13.2 Å². The minimum atomic E-state index is -4.21. The molecule has 0 aliphatic heterocycles.